The van der Waals surface area contributed by atoms with Crippen molar-refractivity contribution >= 4 is 11.7 Å². The van der Waals surface area contributed by atoms with Crippen molar-refractivity contribution in [1.29, 1.82) is 0 Å². The SMILES string of the molecule is Cc1cc(C2(CF)CCCN(C(=O)OC(C)(C)C)C2)n2nc([C@H]3CC[C@H](C(F)(F)F)CC3)cc2n1. The van der Waals surface area contributed by atoms with Crippen LogP contribution in [0, 0.1) is 12.8 Å². The van der Waals surface area contributed by atoms with E-state index in [9.17, 15) is 22.4 Å². The quantitative estimate of drug-likeness (QED) is 0.479. The van der Waals surface area contributed by atoms with Crippen molar-refractivity contribution in [3.63, 3.8) is 0 Å². The van der Waals surface area contributed by atoms with Gasteiger partial charge < -0.3 is 9.64 Å². The molecule has 1 atom stereocenters. The fraction of sp³-hybridized carbons (Fsp3) is 0.720. The average Bonchev–Trinajstić information content (AvgIpc) is 3.20. The van der Waals surface area contributed by atoms with Crippen LogP contribution in [-0.2, 0) is 10.2 Å². The zero-order valence-corrected chi connectivity index (χ0v) is 20.8. The van der Waals surface area contributed by atoms with E-state index in [2.05, 4.69) is 4.98 Å². The fourth-order valence-corrected chi connectivity index (χ4v) is 5.41. The molecule has 1 amide bonds. The Morgan fingerprint density at radius 3 is 2.46 bits per heavy atom. The van der Waals surface area contributed by atoms with Gasteiger partial charge in [-0.3, -0.25) is 0 Å². The van der Waals surface area contributed by atoms with Gasteiger partial charge in [-0.2, -0.15) is 18.3 Å². The van der Waals surface area contributed by atoms with Gasteiger partial charge in [-0.05, 0) is 72.3 Å². The monoisotopic (exact) mass is 498 g/mol. The summed E-state index contributed by atoms with van der Waals surface area (Å²) < 4.78 is 61.3. The predicted octanol–water partition coefficient (Wildman–Crippen LogP) is 6.11. The molecule has 1 unspecified atom stereocenters. The van der Waals surface area contributed by atoms with Gasteiger partial charge in [-0.25, -0.2) is 18.7 Å². The summed E-state index contributed by atoms with van der Waals surface area (Å²) in [5.74, 6) is -1.35. The number of amides is 1. The number of likely N-dealkylation sites (tertiary alicyclic amines) is 1. The number of piperidine rings is 1. The second kappa shape index (κ2) is 9.24. The third-order valence-corrected chi connectivity index (χ3v) is 7.21. The van der Waals surface area contributed by atoms with Crippen LogP contribution in [-0.4, -0.2) is 57.1 Å². The molecule has 0 radical (unpaired) electrons. The Kier molecular flexibility index (Phi) is 6.79. The van der Waals surface area contributed by atoms with Gasteiger partial charge in [-0.1, -0.05) is 0 Å². The van der Waals surface area contributed by atoms with E-state index >= 15 is 0 Å². The summed E-state index contributed by atoms with van der Waals surface area (Å²) in [6.07, 6.45) is -2.51. The minimum atomic E-state index is -4.16. The number of alkyl halides is 4. The van der Waals surface area contributed by atoms with E-state index in [0.29, 0.717) is 55.0 Å². The molecule has 10 heteroatoms. The first-order chi connectivity index (χ1) is 16.3. The Labute approximate surface area is 203 Å². The van der Waals surface area contributed by atoms with Crippen molar-refractivity contribution < 1.29 is 27.1 Å². The molecule has 1 aliphatic carbocycles. The molecule has 0 N–H and O–H groups in total. The molecule has 2 fully saturated rings. The van der Waals surface area contributed by atoms with Crippen molar-refractivity contribution in [2.75, 3.05) is 19.8 Å². The molecule has 2 aliphatic rings. The highest BCUT2D eigenvalue weighted by Crippen LogP contribution is 2.43. The molecule has 0 bridgehead atoms. The van der Waals surface area contributed by atoms with Crippen LogP contribution in [0.2, 0.25) is 0 Å². The standard InChI is InChI=1S/C25H34F4N4O2/c1-16-12-20(24(14-26)10-5-11-32(15-24)22(34)35-23(2,3)4)33-21(30-16)13-19(31-33)17-6-8-18(9-7-17)25(27,28)29/h12-13,17-18H,5-11,14-15H2,1-4H3/t17-,18-,24?. The third kappa shape index (κ3) is 5.40. The Balaban J connectivity index is 1.64. The zero-order valence-electron chi connectivity index (χ0n) is 20.8. The van der Waals surface area contributed by atoms with E-state index in [-0.39, 0.29) is 25.3 Å². The number of halogens is 4. The van der Waals surface area contributed by atoms with Gasteiger partial charge in [0.25, 0.3) is 0 Å². The van der Waals surface area contributed by atoms with Gasteiger partial charge >= 0.3 is 12.3 Å². The van der Waals surface area contributed by atoms with Gasteiger partial charge in [0.15, 0.2) is 5.65 Å². The summed E-state index contributed by atoms with van der Waals surface area (Å²) >= 11 is 0. The molecule has 1 aliphatic heterocycles. The maximum atomic E-state index is 14.8. The summed E-state index contributed by atoms with van der Waals surface area (Å²) in [6, 6.07) is 3.62. The Morgan fingerprint density at radius 1 is 1.17 bits per heavy atom. The molecule has 35 heavy (non-hydrogen) atoms. The molecule has 1 saturated carbocycles. The van der Waals surface area contributed by atoms with Gasteiger partial charge in [0.1, 0.15) is 12.3 Å². The summed E-state index contributed by atoms with van der Waals surface area (Å²) in [5, 5.41) is 4.73. The summed E-state index contributed by atoms with van der Waals surface area (Å²) in [4.78, 5) is 18.9. The largest absolute Gasteiger partial charge is 0.444 e. The first-order valence-corrected chi connectivity index (χ1v) is 12.3. The summed E-state index contributed by atoms with van der Waals surface area (Å²) in [7, 11) is 0. The fourth-order valence-electron chi connectivity index (χ4n) is 5.41. The molecule has 4 rings (SSSR count). The number of nitrogens with zero attached hydrogens (tertiary/aromatic N) is 4. The van der Waals surface area contributed by atoms with Crippen LogP contribution in [0.4, 0.5) is 22.4 Å². The number of hydrogen-bond donors (Lipinski definition) is 0. The van der Waals surface area contributed by atoms with Crippen molar-refractivity contribution in [3.05, 3.63) is 29.2 Å². The Morgan fingerprint density at radius 2 is 1.86 bits per heavy atom. The topological polar surface area (TPSA) is 59.7 Å². The maximum Gasteiger partial charge on any atom is 0.410 e. The highest BCUT2D eigenvalue weighted by atomic mass is 19.4. The highest BCUT2D eigenvalue weighted by molar-refractivity contribution is 5.68. The van der Waals surface area contributed by atoms with Crippen molar-refractivity contribution in [1.82, 2.24) is 19.5 Å². The van der Waals surface area contributed by atoms with Gasteiger partial charge in [0, 0.05) is 30.8 Å². The van der Waals surface area contributed by atoms with E-state index < -0.39 is 35.9 Å². The van der Waals surface area contributed by atoms with Crippen LogP contribution in [0.1, 0.15) is 82.3 Å². The Hall–Kier alpha value is -2.39. The number of ether oxygens (including phenoxy) is 1. The summed E-state index contributed by atoms with van der Waals surface area (Å²) in [5.41, 5.74) is 0.940. The van der Waals surface area contributed by atoms with Crippen LogP contribution in [0.25, 0.3) is 5.65 Å². The van der Waals surface area contributed by atoms with Crippen molar-refractivity contribution in [2.45, 2.75) is 89.3 Å². The predicted molar refractivity (Wildman–Crippen MR) is 123 cm³/mol. The zero-order chi connectivity index (χ0) is 25.6. The first-order valence-electron chi connectivity index (χ1n) is 12.3. The van der Waals surface area contributed by atoms with Crippen molar-refractivity contribution in [3.8, 4) is 0 Å². The third-order valence-electron chi connectivity index (χ3n) is 7.21. The molecule has 194 valence electrons. The molecule has 3 heterocycles. The lowest BCUT2D eigenvalue weighted by Gasteiger charge is -2.41. The van der Waals surface area contributed by atoms with E-state index in [1.165, 1.54) is 0 Å². The molecule has 0 spiro atoms. The summed E-state index contributed by atoms with van der Waals surface area (Å²) in [6.45, 7) is 7.16. The maximum absolute atomic E-state index is 14.8. The molecule has 2 aromatic heterocycles. The minimum absolute atomic E-state index is 0.0839. The number of fused-ring (bicyclic) bond motifs is 1. The van der Waals surface area contributed by atoms with Crippen LogP contribution in [0.5, 0.6) is 0 Å². The van der Waals surface area contributed by atoms with E-state index in [0.717, 1.165) is 0 Å². The first kappa shape index (κ1) is 25.7. The minimum Gasteiger partial charge on any atom is -0.444 e. The second-order valence-corrected chi connectivity index (χ2v) is 11.1. The number of hydrogen-bond acceptors (Lipinski definition) is 4. The number of aryl methyl sites for hydroxylation is 1. The second-order valence-electron chi connectivity index (χ2n) is 11.1. The van der Waals surface area contributed by atoms with Gasteiger partial charge in [-0.15, -0.1) is 0 Å². The van der Waals surface area contributed by atoms with E-state index in [4.69, 9.17) is 9.84 Å². The normalized spacial score (nSPS) is 26.2. The smallest absolute Gasteiger partial charge is 0.410 e. The van der Waals surface area contributed by atoms with Crippen LogP contribution in [0.15, 0.2) is 12.1 Å². The average molecular weight is 499 g/mol. The number of carbonyl (C=O) groups excluding carboxylic acids is 1. The number of rotatable bonds is 3. The lowest BCUT2D eigenvalue weighted by Crippen LogP contribution is -2.51. The van der Waals surface area contributed by atoms with Crippen LogP contribution < -0.4 is 0 Å². The van der Waals surface area contributed by atoms with Gasteiger partial charge in [0.2, 0.25) is 0 Å². The molecule has 1 saturated heterocycles. The van der Waals surface area contributed by atoms with Crippen molar-refractivity contribution in [2.24, 2.45) is 5.92 Å². The van der Waals surface area contributed by atoms with Gasteiger partial charge in [0.05, 0.1) is 22.7 Å². The molecule has 6 nitrogen and oxygen atoms in total. The highest BCUT2D eigenvalue weighted by Gasteiger charge is 2.44. The molecule has 0 aromatic carbocycles. The Bertz CT molecular complexity index is 1070. The number of carbonyl (C=O) groups is 1. The lowest BCUT2D eigenvalue weighted by molar-refractivity contribution is -0.182. The molecule has 2 aromatic rings. The van der Waals surface area contributed by atoms with E-state index in [1.54, 1.807) is 30.2 Å². The number of aromatic nitrogens is 3. The van der Waals surface area contributed by atoms with Crippen LogP contribution >= 0.6 is 0 Å². The molecular formula is C25H34F4N4O2. The lowest BCUT2D eigenvalue weighted by atomic mass is 9.77. The van der Waals surface area contributed by atoms with Crippen LogP contribution in [0.3, 0.4) is 0 Å². The van der Waals surface area contributed by atoms with E-state index in [1.807, 2.05) is 19.1 Å². The molecular weight excluding hydrogens is 464 g/mol.